The second kappa shape index (κ2) is 9.45. The summed E-state index contributed by atoms with van der Waals surface area (Å²) in [6.07, 6.45) is 3.74. The van der Waals surface area contributed by atoms with Gasteiger partial charge in [0, 0.05) is 30.2 Å². The van der Waals surface area contributed by atoms with Gasteiger partial charge in [-0.2, -0.15) is 0 Å². The number of hydrogen-bond donors (Lipinski definition) is 2. The summed E-state index contributed by atoms with van der Waals surface area (Å²) in [7, 11) is 1.64. The monoisotopic (exact) mass is 390 g/mol. The maximum Gasteiger partial charge on any atom is 0.258 e. The van der Waals surface area contributed by atoms with E-state index in [-0.39, 0.29) is 11.7 Å². The summed E-state index contributed by atoms with van der Waals surface area (Å²) in [6, 6.07) is 14.6. The molecule has 29 heavy (non-hydrogen) atoms. The molecule has 0 radical (unpaired) electrons. The van der Waals surface area contributed by atoms with Crippen LogP contribution in [0.25, 0.3) is 0 Å². The Morgan fingerprint density at radius 3 is 2.38 bits per heavy atom. The lowest BCUT2D eigenvalue weighted by Crippen LogP contribution is -2.14. The average Bonchev–Trinajstić information content (AvgIpc) is 2.75. The Labute approximate surface area is 169 Å². The minimum absolute atomic E-state index is 0.0606. The molecular formula is C22H22N4O3. The smallest absolute Gasteiger partial charge is 0.258 e. The van der Waals surface area contributed by atoms with Gasteiger partial charge in [-0.25, -0.2) is 9.97 Å². The van der Waals surface area contributed by atoms with Gasteiger partial charge in [0.05, 0.1) is 12.7 Å². The predicted molar refractivity (Wildman–Crippen MR) is 112 cm³/mol. The number of methoxy groups -OCH3 is 1. The predicted octanol–water partition coefficient (Wildman–Crippen LogP) is 3.59. The average molecular weight is 390 g/mol. The molecule has 1 amide bonds. The first-order chi connectivity index (χ1) is 14.0. The van der Waals surface area contributed by atoms with Gasteiger partial charge < -0.3 is 15.4 Å². The second-order valence-electron chi connectivity index (χ2n) is 6.41. The molecule has 3 aromatic rings. The Balaban J connectivity index is 1.53. The SMILES string of the molecule is COc1ccc(CCNc2ncc(C(=O)Nc3cccc(C(C)=O)c3)cn2)cc1. The summed E-state index contributed by atoms with van der Waals surface area (Å²) in [5, 5.41) is 5.88. The van der Waals surface area contributed by atoms with E-state index in [4.69, 9.17) is 4.74 Å². The first-order valence-electron chi connectivity index (χ1n) is 9.16. The fourth-order valence-corrected chi connectivity index (χ4v) is 2.67. The molecule has 0 unspecified atom stereocenters. The highest BCUT2D eigenvalue weighted by atomic mass is 16.5. The van der Waals surface area contributed by atoms with Gasteiger partial charge in [-0.3, -0.25) is 9.59 Å². The largest absolute Gasteiger partial charge is 0.497 e. The number of Topliss-reactive ketones (excluding diaryl/α,β-unsaturated/α-hetero) is 1. The molecule has 2 aromatic carbocycles. The molecule has 0 aliphatic rings. The minimum Gasteiger partial charge on any atom is -0.497 e. The van der Waals surface area contributed by atoms with E-state index in [0.717, 1.165) is 12.2 Å². The van der Waals surface area contributed by atoms with Crippen molar-refractivity contribution < 1.29 is 14.3 Å². The van der Waals surface area contributed by atoms with Crippen molar-refractivity contribution in [1.82, 2.24) is 9.97 Å². The summed E-state index contributed by atoms with van der Waals surface area (Å²) in [6.45, 7) is 2.14. The van der Waals surface area contributed by atoms with Gasteiger partial charge in [-0.05, 0) is 43.2 Å². The number of hydrogen-bond acceptors (Lipinski definition) is 6. The van der Waals surface area contributed by atoms with E-state index in [1.807, 2.05) is 24.3 Å². The van der Waals surface area contributed by atoms with Gasteiger partial charge in [-0.1, -0.05) is 24.3 Å². The molecule has 3 rings (SSSR count). The standard InChI is InChI=1S/C22H22N4O3/c1-15(27)17-4-3-5-19(12-17)26-21(28)18-13-24-22(25-14-18)23-11-10-16-6-8-20(29-2)9-7-16/h3-9,12-14H,10-11H2,1-2H3,(H,26,28)(H,23,24,25). The summed E-state index contributed by atoms with van der Waals surface area (Å²) in [4.78, 5) is 32.2. The van der Waals surface area contributed by atoms with Crippen molar-refractivity contribution in [1.29, 1.82) is 0 Å². The molecular weight excluding hydrogens is 368 g/mol. The van der Waals surface area contributed by atoms with Crippen molar-refractivity contribution in [2.24, 2.45) is 0 Å². The number of rotatable bonds is 8. The van der Waals surface area contributed by atoms with Crippen LogP contribution in [0.2, 0.25) is 0 Å². The number of nitrogens with one attached hydrogen (secondary N) is 2. The first-order valence-corrected chi connectivity index (χ1v) is 9.16. The van der Waals surface area contributed by atoms with E-state index in [9.17, 15) is 9.59 Å². The fourth-order valence-electron chi connectivity index (χ4n) is 2.67. The molecule has 0 saturated heterocycles. The Morgan fingerprint density at radius 1 is 1.00 bits per heavy atom. The highest BCUT2D eigenvalue weighted by Crippen LogP contribution is 2.13. The summed E-state index contributed by atoms with van der Waals surface area (Å²) >= 11 is 0. The van der Waals surface area contributed by atoms with Crippen LogP contribution < -0.4 is 15.4 Å². The Bertz CT molecular complexity index is 986. The molecule has 0 spiro atoms. The van der Waals surface area contributed by atoms with Crippen LogP contribution in [0.4, 0.5) is 11.6 Å². The highest BCUT2D eigenvalue weighted by molar-refractivity contribution is 6.04. The summed E-state index contributed by atoms with van der Waals surface area (Å²) < 4.78 is 5.14. The molecule has 0 atom stereocenters. The minimum atomic E-state index is -0.338. The molecule has 0 fully saturated rings. The van der Waals surface area contributed by atoms with Gasteiger partial charge in [0.25, 0.3) is 5.91 Å². The van der Waals surface area contributed by atoms with Crippen LogP contribution in [0.15, 0.2) is 60.9 Å². The van der Waals surface area contributed by atoms with E-state index < -0.39 is 0 Å². The van der Waals surface area contributed by atoms with Crippen molar-refractivity contribution in [3.05, 3.63) is 77.6 Å². The molecule has 1 aromatic heterocycles. The van der Waals surface area contributed by atoms with Gasteiger partial charge in [-0.15, -0.1) is 0 Å². The van der Waals surface area contributed by atoms with Crippen LogP contribution in [0.5, 0.6) is 5.75 Å². The number of nitrogens with zero attached hydrogens (tertiary/aromatic N) is 2. The van der Waals surface area contributed by atoms with E-state index in [1.165, 1.54) is 24.9 Å². The number of benzene rings is 2. The van der Waals surface area contributed by atoms with Gasteiger partial charge in [0.2, 0.25) is 5.95 Å². The zero-order chi connectivity index (χ0) is 20.6. The lowest BCUT2D eigenvalue weighted by molar-refractivity contribution is 0.101. The van der Waals surface area contributed by atoms with Crippen LogP contribution >= 0.6 is 0 Å². The van der Waals surface area contributed by atoms with Gasteiger partial charge >= 0.3 is 0 Å². The molecule has 7 nitrogen and oxygen atoms in total. The van der Waals surface area contributed by atoms with Gasteiger partial charge in [0.15, 0.2) is 5.78 Å². The number of amides is 1. The number of aromatic nitrogens is 2. The van der Waals surface area contributed by atoms with E-state index in [2.05, 4.69) is 20.6 Å². The third kappa shape index (κ3) is 5.62. The normalized spacial score (nSPS) is 10.3. The third-order valence-electron chi connectivity index (χ3n) is 4.30. The van der Waals surface area contributed by atoms with Crippen LogP contribution in [0.3, 0.4) is 0 Å². The Morgan fingerprint density at radius 2 is 1.72 bits per heavy atom. The van der Waals surface area contributed by atoms with Crippen molar-refractivity contribution in [3.8, 4) is 5.75 Å². The Hall–Kier alpha value is -3.74. The molecule has 0 bridgehead atoms. The maximum absolute atomic E-state index is 12.4. The number of anilines is 2. The first kappa shape index (κ1) is 20.0. The third-order valence-corrected chi connectivity index (χ3v) is 4.30. The number of ketones is 1. The quantitative estimate of drug-likeness (QED) is 0.571. The summed E-state index contributed by atoms with van der Waals surface area (Å²) in [5.74, 6) is 0.880. The van der Waals surface area contributed by atoms with Gasteiger partial charge in [0.1, 0.15) is 5.75 Å². The van der Waals surface area contributed by atoms with Crippen molar-refractivity contribution >= 4 is 23.3 Å². The van der Waals surface area contributed by atoms with Crippen LogP contribution in [-0.2, 0) is 6.42 Å². The zero-order valence-electron chi connectivity index (χ0n) is 16.3. The van der Waals surface area contributed by atoms with E-state index in [1.54, 1.807) is 31.4 Å². The number of ether oxygens (including phenoxy) is 1. The number of carbonyl (C=O) groups is 2. The molecule has 0 aliphatic carbocycles. The van der Waals surface area contributed by atoms with Crippen LogP contribution in [0.1, 0.15) is 33.2 Å². The van der Waals surface area contributed by atoms with Crippen molar-refractivity contribution in [2.75, 3.05) is 24.3 Å². The van der Waals surface area contributed by atoms with Crippen molar-refractivity contribution in [2.45, 2.75) is 13.3 Å². The van der Waals surface area contributed by atoms with Crippen LogP contribution in [-0.4, -0.2) is 35.3 Å². The van der Waals surface area contributed by atoms with Crippen LogP contribution in [0, 0.1) is 0 Å². The molecule has 0 saturated carbocycles. The lowest BCUT2D eigenvalue weighted by Gasteiger charge is -2.08. The Kier molecular flexibility index (Phi) is 6.52. The van der Waals surface area contributed by atoms with E-state index >= 15 is 0 Å². The molecule has 148 valence electrons. The molecule has 0 aliphatic heterocycles. The second-order valence-corrected chi connectivity index (χ2v) is 6.41. The fraction of sp³-hybridized carbons (Fsp3) is 0.182. The molecule has 2 N–H and O–H groups in total. The molecule has 7 heteroatoms. The zero-order valence-corrected chi connectivity index (χ0v) is 16.3. The van der Waals surface area contributed by atoms with Crippen molar-refractivity contribution in [3.63, 3.8) is 0 Å². The maximum atomic E-state index is 12.4. The number of carbonyl (C=O) groups excluding carboxylic acids is 2. The topological polar surface area (TPSA) is 93.2 Å². The highest BCUT2D eigenvalue weighted by Gasteiger charge is 2.09. The molecule has 1 heterocycles. The summed E-state index contributed by atoms with van der Waals surface area (Å²) in [5.41, 5.74) is 2.58. The lowest BCUT2D eigenvalue weighted by atomic mass is 10.1. The van der Waals surface area contributed by atoms with E-state index in [0.29, 0.717) is 29.3 Å².